The molecule has 1 aliphatic rings. The minimum atomic E-state index is 0.466. The molecule has 0 saturated carbocycles. The summed E-state index contributed by atoms with van der Waals surface area (Å²) in [5.41, 5.74) is 0. The average molecular weight is 239 g/mol. The molecular weight excluding hydrogens is 218 g/mol. The van der Waals surface area contributed by atoms with E-state index in [0.717, 1.165) is 0 Å². The third-order valence-electron chi connectivity index (χ3n) is 3.64. The summed E-state index contributed by atoms with van der Waals surface area (Å²) in [6.45, 7) is 5.77. The quantitative estimate of drug-likeness (QED) is 0.877. The number of likely N-dealkylation sites (tertiary alicyclic amines) is 1. The lowest BCUT2D eigenvalue weighted by atomic mass is 9.97. The van der Waals surface area contributed by atoms with Crippen molar-refractivity contribution in [1.82, 2.24) is 15.2 Å². The van der Waals surface area contributed by atoms with Gasteiger partial charge in [0.05, 0.1) is 6.04 Å². The van der Waals surface area contributed by atoms with E-state index >= 15 is 0 Å². The van der Waals surface area contributed by atoms with Gasteiger partial charge in [-0.3, -0.25) is 4.90 Å². The van der Waals surface area contributed by atoms with Gasteiger partial charge in [-0.1, -0.05) is 0 Å². The summed E-state index contributed by atoms with van der Waals surface area (Å²) in [4.78, 5) is 7.00. The molecule has 3 atom stereocenters. The fraction of sp³-hybridized carbons (Fsp3) is 0.750. The van der Waals surface area contributed by atoms with Crippen molar-refractivity contribution in [2.75, 3.05) is 13.6 Å². The smallest absolute Gasteiger partial charge is 0.109 e. The molecule has 0 aromatic carbocycles. The Labute approximate surface area is 102 Å². The van der Waals surface area contributed by atoms with E-state index in [1.165, 1.54) is 24.4 Å². The molecule has 2 rings (SSSR count). The highest BCUT2D eigenvalue weighted by molar-refractivity contribution is 7.09. The maximum Gasteiger partial charge on any atom is 0.109 e. The Morgan fingerprint density at radius 1 is 1.62 bits per heavy atom. The Hall–Kier alpha value is -0.450. The first-order chi connectivity index (χ1) is 7.72. The Bertz CT molecular complexity index is 312. The summed E-state index contributed by atoms with van der Waals surface area (Å²) in [7, 11) is 2.07. The summed E-state index contributed by atoms with van der Waals surface area (Å²) in [5, 5.41) is 6.70. The lowest BCUT2D eigenvalue weighted by molar-refractivity contribution is 0.0973. The fourth-order valence-electron chi connectivity index (χ4n) is 2.61. The summed E-state index contributed by atoms with van der Waals surface area (Å²) < 4.78 is 0. The Balaban J connectivity index is 2.00. The van der Waals surface area contributed by atoms with Crippen LogP contribution in [-0.2, 0) is 0 Å². The molecule has 0 bridgehead atoms. The molecule has 90 valence electrons. The molecule has 0 amide bonds. The van der Waals surface area contributed by atoms with E-state index in [0.29, 0.717) is 18.1 Å². The number of nitrogens with one attached hydrogen (secondary N) is 1. The second kappa shape index (κ2) is 5.25. The molecule has 1 aromatic rings. The molecule has 4 heteroatoms. The first kappa shape index (κ1) is 12.0. The number of hydrogen-bond acceptors (Lipinski definition) is 4. The van der Waals surface area contributed by atoms with Gasteiger partial charge in [-0.2, -0.15) is 0 Å². The van der Waals surface area contributed by atoms with Crippen LogP contribution in [0.1, 0.15) is 37.7 Å². The van der Waals surface area contributed by atoms with Gasteiger partial charge in [-0.15, -0.1) is 11.3 Å². The van der Waals surface area contributed by atoms with Crippen molar-refractivity contribution in [3.8, 4) is 0 Å². The lowest BCUT2D eigenvalue weighted by Crippen LogP contribution is -2.47. The van der Waals surface area contributed by atoms with E-state index in [4.69, 9.17) is 0 Å². The van der Waals surface area contributed by atoms with E-state index in [2.05, 4.69) is 41.5 Å². The Morgan fingerprint density at radius 2 is 2.44 bits per heavy atom. The third kappa shape index (κ3) is 2.44. The van der Waals surface area contributed by atoms with E-state index in [-0.39, 0.29) is 0 Å². The number of piperidine rings is 1. The molecule has 0 aliphatic carbocycles. The lowest BCUT2D eigenvalue weighted by Gasteiger charge is -2.40. The molecule has 0 radical (unpaired) electrons. The zero-order chi connectivity index (χ0) is 11.5. The zero-order valence-electron chi connectivity index (χ0n) is 10.3. The van der Waals surface area contributed by atoms with Gasteiger partial charge < -0.3 is 5.32 Å². The van der Waals surface area contributed by atoms with Crippen LogP contribution in [0.5, 0.6) is 0 Å². The predicted molar refractivity (Wildman–Crippen MR) is 68.8 cm³/mol. The first-order valence-corrected chi connectivity index (χ1v) is 6.92. The second-order valence-corrected chi connectivity index (χ2v) is 5.57. The largest absolute Gasteiger partial charge is 0.317 e. The normalized spacial score (nSPS) is 29.2. The van der Waals surface area contributed by atoms with Gasteiger partial charge in [0.15, 0.2) is 0 Å². The van der Waals surface area contributed by atoms with Gasteiger partial charge >= 0.3 is 0 Å². The van der Waals surface area contributed by atoms with Gasteiger partial charge in [-0.05, 0) is 33.7 Å². The number of thiazole rings is 1. The monoisotopic (exact) mass is 239 g/mol. The van der Waals surface area contributed by atoms with Gasteiger partial charge in [0.2, 0.25) is 0 Å². The summed E-state index contributed by atoms with van der Waals surface area (Å²) in [6, 6.07) is 1.80. The van der Waals surface area contributed by atoms with Crippen molar-refractivity contribution >= 4 is 11.3 Å². The highest BCUT2D eigenvalue weighted by Gasteiger charge is 2.29. The van der Waals surface area contributed by atoms with Gasteiger partial charge in [0, 0.05) is 30.2 Å². The number of hydrogen-bond donors (Lipinski definition) is 1. The van der Waals surface area contributed by atoms with Gasteiger partial charge in [-0.25, -0.2) is 4.98 Å². The Morgan fingerprint density at radius 3 is 3.00 bits per heavy atom. The topological polar surface area (TPSA) is 28.2 Å². The molecule has 16 heavy (non-hydrogen) atoms. The van der Waals surface area contributed by atoms with Crippen LogP contribution in [-0.4, -0.2) is 35.6 Å². The zero-order valence-corrected chi connectivity index (χ0v) is 11.1. The van der Waals surface area contributed by atoms with Crippen molar-refractivity contribution in [2.45, 2.75) is 44.8 Å². The first-order valence-electron chi connectivity index (χ1n) is 6.04. The SMILES string of the molecule is CNC1CCN(C(C)c2nccs2)C(C)C1. The van der Waals surface area contributed by atoms with Gasteiger partial charge in [0.25, 0.3) is 0 Å². The highest BCUT2D eigenvalue weighted by atomic mass is 32.1. The van der Waals surface area contributed by atoms with Crippen molar-refractivity contribution in [1.29, 1.82) is 0 Å². The minimum Gasteiger partial charge on any atom is -0.317 e. The second-order valence-electron chi connectivity index (χ2n) is 4.64. The molecule has 0 spiro atoms. The van der Waals surface area contributed by atoms with Crippen LogP contribution in [0.15, 0.2) is 11.6 Å². The number of nitrogens with zero attached hydrogens (tertiary/aromatic N) is 2. The van der Waals surface area contributed by atoms with Crippen LogP contribution in [0, 0.1) is 0 Å². The van der Waals surface area contributed by atoms with Crippen LogP contribution in [0.3, 0.4) is 0 Å². The molecule has 1 aromatic heterocycles. The average Bonchev–Trinajstić information content (AvgIpc) is 2.81. The van der Waals surface area contributed by atoms with Gasteiger partial charge in [0.1, 0.15) is 5.01 Å². The molecule has 3 unspecified atom stereocenters. The summed E-state index contributed by atoms with van der Waals surface area (Å²) in [6.07, 6.45) is 4.39. The maximum atomic E-state index is 4.43. The van der Waals surface area contributed by atoms with Crippen molar-refractivity contribution in [2.24, 2.45) is 0 Å². The van der Waals surface area contributed by atoms with Crippen LogP contribution < -0.4 is 5.32 Å². The molecule has 1 N–H and O–H groups in total. The third-order valence-corrected chi connectivity index (χ3v) is 4.59. The summed E-state index contributed by atoms with van der Waals surface area (Å²) >= 11 is 1.76. The van der Waals surface area contributed by atoms with Crippen LogP contribution in [0.4, 0.5) is 0 Å². The highest BCUT2D eigenvalue weighted by Crippen LogP contribution is 2.29. The maximum absolute atomic E-state index is 4.43. The number of rotatable bonds is 3. The predicted octanol–water partition coefficient (Wildman–Crippen LogP) is 2.28. The van der Waals surface area contributed by atoms with Crippen molar-refractivity contribution < 1.29 is 0 Å². The molecule has 1 fully saturated rings. The molecule has 3 nitrogen and oxygen atoms in total. The fourth-order valence-corrected chi connectivity index (χ4v) is 3.33. The minimum absolute atomic E-state index is 0.466. The van der Waals surface area contributed by atoms with Crippen LogP contribution in [0.25, 0.3) is 0 Å². The molecule has 1 aliphatic heterocycles. The summed E-state index contributed by atoms with van der Waals surface area (Å²) in [5.74, 6) is 0. The van der Waals surface area contributed by atoms with Crippen molar-refractivity contribution in [3.05, 3.63) is 16.6 Å². The Kier molecular flexibility index (Phi) is 3.95. The van der Waals surface area contributed by atoms with Crippen LogP contribution >= 0.6 is 11.3 Å². The van der Waals surface area contributed by atoms with Crippen LogP contribution in [0.2, 0.25) is 0 Å². The van der Waals surface area contributed by atoms with E-state index < -0.39 is 0 Å². The molecule has 1 saturated heterocycles. The molecule has 2 heterocycles. The van der Waals surface area contributed by atoms with Crippen molar-refractivity contribution in [3.63, 3.8) is 0 Å². The standard InChI is InChI=1S/C12H21N3S/c1-9-8-11(13-3)4-6-15(9)10(2)12-14-5-7-16-12/h5,7,9-11,13H,4,6,8H2,1-3H3. The van der Waals surface area contributed by atoms with E-state index in [9.17, 15) is 0 Å². The number of aromatic nitrogens is 1. The molecular formula is C12H21N3S. The van der Waals surface area contributed by atoms with E-state index in [1.54, 1.807) is 11.3 Å². The van der Waals surface area contributed by atoms with E-state index in [1.807, 2.05) is 6.20 Å².